The van der Waals surface area contributed by atoms with Crippen LogP contribution in [0.25, 0.3) is 0 Å². The molecule has 1 heterocycles. The molecule has 1 aromatic rings. The largest absolute Gasteiger partial charge is 0.382 e. The molecule has 2 atom stereocenters. The van der Waals surface area contributed by atoms with Gasteiger partial charge < -0.3 is 14.8 Å². The third-order valence-electron chi connectivity index (χ3n) is 3.47. The van der Waals surface area contributed by atoms with E-state index in [9.17, 15) is 0 Å². The fraction of sp³-hybridized carbons (Fsp3) is 0.643. The number of pyridine rings is 1. The zero-order chi connectivity index (χ0) is 12.8. The number of hydrogen-bond donors (Lipinski definition) is 1. The van der Waals surface area contributed by atoms with Crippen molar-refractivity contribution in [3.63, 3.8) is 0 Å². The van der Waals surface area contributed by atoms with E-state index in [1.165, 1.54) is 17.7 Å². The van der Waals surface area contributed by atoms with E-state index >= 15 is 0 Å². The molecule has 4 heteroatoms. The molecule has 2 rings (SSSR count). The molecule has 100 valence electrons. The quantitative estimate of drug-likeness (QED) is 0.834. The van der Waals surface area contributed by atoms with Crippen molar-refractivity contribution in [3.8, 4) is 0 Å². The summed E-state index contributed by atoms with van der Waals surface area (Å²) in [5.41, 5.74) is 2.58. The van der Waals surface area contributed by atoms with Crippen molar-refractivity contribution in [2.24, 2.45) is 0 Å². The maximum atomic E-state index is 5.36. The third-order valence-corrected chi connectivity index (χ3v) is 3.47. The maximum Gasteiger partial charge on any atom is 0.0928 e. The molecule has 0 amide bonds. The smallest absolute Gasteiger partial charge is 0.0928 e. The second-order valence-electron chi connectivity index (χ2n) is 4.71. The van der Waals surface area contributed by atoms with Gasteiger partial charge in [0.05, 0.1) is 18.4 Å². The molecular weight excluding hydrogens is 228 g/mol. The Morgan fingerprint density at radius 3 is 3.17 bits per heavy atom. The highest BCUT2D eigenvalue weighted by atomic mass is 16.5. The minimum atomic E-state index is 0.101. The monoisotopic (exact) mass is 250 g/mol. The van der Waals surface area contributed by atoms with Crippen molar-refractivity contribution < 1.29 is 9.47 Å². The SMILES string of the molecule is COCC(CNC1CCCc2cccnc21)OC. The van der Waals surface area contributed by atoms with E-state index in [0.717, 1.165) is 19.4 Å². The summed E-state index contributed by atoms with van der Waals surface area (Å²) >= 11 is 0. The molecule has 0 aromatic carbocycles. The van der Waals surface area contributed by atoms with Gasteiger partial charge in [-0.3, -0.25) is 4.98 Å². The first-order valence-corrected chi connectivity index (χ1v) is 6.54. The predicted octanol–water partition coefficient (Wildman–Crippen LogP) is 1.71. The molecule has 2 unspecified atom stereocenters. The molecule has 0 saturated heterocycles. The first-order valence-electron chi connectivity index (χ1n) is 6.54. The molecule has 0 spiro atoms. The van der Waals surface area contributed by atoms with Crippen LogP contribution in [-0.4, -0.2) is 38.5 Å². The minimum Gasteiger partial charge on any atom is -0.382 e. The molecule has 0 fully saturated rings. The van der Waals surface area contributed by atoms with E-state index < -0.39 is 0 Å². The summed E-state index contributed by atoms with van der Waals surface area (Å²) in [6, 6.07) is 4.55. The lowest BCUT2D eigenvalue weighted by Crippen LogP contribution is -2.35. The van der Waals surface area contributed by atoms with Gasteiger partial charge in [0.25, 0.3) is 0 Å². The molecule has 1 aliphatic rings. The lowest BCUT2D eigenvalue weighted by molar-refractivity contribution is 0.0269. The molecule has 1 aromatic heterocycles. The fourth-order valence-corrected chi connectivity index (χ4v) is 2.48. The number of fused-ring (bicyclic) bond motifs is 1. The molecule has 0 saturated carbocycles. The molecule has 18 heavy (non-hydrogen) atoms. The highest BCUT2D eigenvalue weighted by Crippen LogP contribution is 2.27. The molecule has 0 radical (unpaired) electrons. The lowest BCUT2D eigenvalue weighted by Gasteiger charge is -2.26. The molecule has 0 bridgehead atoms. The number of nitrogens with zero attached hydrogens (tertiary/aromatic N) is 1. The van der Waals surface area contributed by atoms with Gasteiger partial charge in [-0.25, -0.2) is 0 Å². The van der Waals surface area contributed by atoms with Crippen LogP contribution in [0, 0.1) is 0 Å². The van der Waals surface area contributed by atoms with Gasteiger partial charge in [0, 0.05) is 33.0 Å². The number of aromatic nitrogens is 1. The first-order chi connectivity index (χ1) is 8.85. The summed E-state index contributed by atoms with van der Waals surface area (Å²) in [6.45, 7) is 1.41. The zero-order valence-corrected chi connectivity index (χ0v) is 11.2. The molecule has 1 aliphatic carbocycles. The standard InChI is InChI=1S/C14H22N2O2/c1-17-10-12(18-2)9-16-13-7-3-5-11-6-4-8-15-14(11)13/h4,6,8,12-13,16H,3,5,7,9-10H2,1-2H3. The predicted molar refractivity (Wildman–Crippen MR) is 70.6 cm³/mol. The van der Waals surface area contributed by atoms with Crippen molar-refractivity contribution >= 4 is 0 Å². The number of nitrogens with one attached hydrogen (secondary N) is 1. The van der Waals surface area contributed by atoms with Crippen molar-refractivity contribution in [3.05, 3.63) is 29.6 Å². The van der Waals surface area contributed by atoms with E-state index in [4.69, 9.17) is 9.47 Å². The number of aryl methyl sites for hydroxylation is 1. The number of hydrogen-bond acceptors (Lipinski definition) is 4. The summed E-state index contributed by atoms with van der Waals surface area (Å²) in [5.74, 6) is 0. The van der Waals surface area contributed by atoms with E-state index in [1.54, 1.807) is 14.2 Å². The van der Waals surface area contributed by atoms with E-state index in [0.29, 0.717) is 12.6 Å². The van der Waals surface area contributed by atoms with E-state index in [2.05, 4.69) is 16.4 Å². The Labute approximate surface area is 109 Å². The molecule has 0 aliphatic heterocycles. The Bertz CT molecular complexity index is 371. The number of ether oxygens (including phenoxy) is 2. The highest BCUT2D eigenvalue weighted by Gasteiger charge is 2.21. The second-order valence-corrected chi connectivity index (χ2v) is 4.71. The van der Waals surface area contributed by atoms with Crippen LogP contribution in [0.3, 0.4) is 0 Å². The summed E-state index contributed by atoms with van der Waals surface area (Å²) in [4.78, 5) is 4.52. The van der Waals surface area contributed by atoms with Gasteiger partial charge in [-0.15, -0.1) is 0 Å². The average molecular weight is 250 g/mol. The van der Waals surface area contributed by atoms with Crippen LogP contribution in [0.5, 0.6) is 0 Å². The van der Waals surface area contributed by atoms with Gasteiger partial charge >= 0.3 is 0 Å². The Morgan fingerprint density at radius 1 is 1.50 bits per heavy atom. The van der Waals surface area contributed by atoms with Crippen molar-refractivity contribution in [2.75, 3.05) is 27.4 Å². The Morgan fingerprint density at radius 2 is 2.39 bits per heavy atom. The fourth-order valence-electron chi connectivity index (χ4n) is 2.48. The Hall–Kier alpha value is -0.970. The summed E-state index contributed by atoms with van der Waals surface area (Å²) < 4.78 is 10.5. The van der Waals surface area contributed by atoms with Crippen LogP contribution < -0.4 is 5.32 Å². The van der Waals surface area contributed by atoms with Crippen molar-refractivity contribution in [1.29, 1.82) is 0 Å². The topological polar surface area (TPSA) is 43.4 Å². The van der Waals surface area contributed by atoms with E-state index in [1.807, 2.05) is 12.3 Å². The van der Waals surface area contributed by atoms with Crippen LogP contribution in [-0.2, 0) is 15.9 Å². The Kier molecular flexibility index (Phi) is 5.11. The lowest BCUT2D eigenvalue weighted by atomic mass is 9.92. The van der Waals surface area contributed by atoms with E-state index in [-0.39, 0.29) is 6.10 Å². The van der Waals surface area contributed by atoms with Crippen molar-refractivity contribution in [2.45, 2.75) is 31.4 Å². The average Bonchev–Trinajstić information content (AvgIpc) is 2.43. The highest BCUT2D eigenvalue weighted by molar-refractivity contribution is 5.25. The normalized spacial score (nSPS) is 20.4. The first kappa shape index (κ1) is 13.5. The van der Waals surface area contributed by atoms with Crippen LogP contribution in [0.2, 0.25) is 0 Å². The molecular formula is C14H22N2O2. The maximum absolute atomic E-state index is 5.36. The second kappa shape index (κ2) is 6.83. The van der Waals surface area contributed by atoms with Crippen LogP contribution >= 0.6 is 0 Å². The molecule has 1 N–H and O–H groups in total. The molecule has 4 nitrogen and oxygen atoms in total. The Balaban J connectivity index is 1.94. The zero-order valence-electron chi connectivity index (χ0n) is 11.2. The minimum absolute atomic E-state index is 0.101. The van der Waals surface area contributed by atoms with Gasteiger partial charge in [0.15, 0.2) is 0 Å². The van der Waals surface area contributed by atoms with Gasteiger partial charge in [-0.05, 0) is 30.9 Å². The van der Waals surface area contributed by atoms with Gasteiger partial charge in [0.1, 0.15) is 0 Å². The number of methoxy groups -OCH3 is 2. The summed E-state index contributed by atoms with van der Waals surface area (Å²) in [5, 5.41) is 3.55. The van der Waals surface area contributed by atoms with Gasteiger partial charge in [-0.2, -0.15) is 0 Å². The number of rotatable bonds is 6. The van der Waals surface area contributed by atoms with Gasteiger partial charge in [0.2, 0.25) is 0 Å². The van der Waals surface area contributed by atoms with Crippen LogP contribution in [0.4, 0.5) is 0 Å². The van der Waals surface area contributed by atoms with Crippen molar-refractivity contribution in [1.82, 2.24) is 10.3 Å². The van der Waals surface area contributed by atoms with Crippen LogP contribution in [0.1, 0.15) is 30.1 Å². The third kappa shape index (κ3) is 3.28. The van der Waals surface area contributed by atoms with Crippen LogP contribution in [0.15, 0.2) is 18.3 Å². The summed E-state index contributed by atoms with van der Waals surface area (Å²) in [6.07, 6.45) is 5.49. The van der Waals surface area contributed by atoms with Gasteiger partial charge in [-0.1, -0.05) is 6.07 Å². The summed E-state index contributed by atoms with van der Waals surface area (Å²) in [7, 11) is 3.42.